The van der Waals surface area contributed by atoms with Crippen molar-refractivity contribution in [2.75, 3.05) is 13.7 Å². The molecule has 4 atom stereocenters. The number of hydrogen-bond acceptors (Lipinski definition) is 9. The van der Waals surface area contributed by atoms with Gasteiger partial charge in [-0.1, -0.05) is 18.2 Å². The first kappa shape index (κ1) is 19.6. The highest BCUT2D eigenvalue weighted by molar-refractivity contribution is 7.78. The van der Waals surface area contributed by atoms with Gasteiger partial charge < -0.3 is 23.7 Å². The third-order valence-electron chi connectivity index (χ3n) is 4.29. The molecule has 2 aliphatic rings. The summed E-state index contributed by atoms with van der Waals surface area (Å²) in [5, 5.41) is 2.16. The van der Waals surface area contributed by atoms with Crippen molar-refractivity contribution in [1.29, 1.82) is 0 Å². The number of ether oxygens (including phenoxy) is 5. The Morgan fingerprint density at radius 2 is 1.93 bits per heavy atom. The molecule has 3 rings (SSSR count). The summed E-state index contributed by atoms with van der Waals surface area (Å²) in [7, 11) is 1.20. The summed E-state index contributed by atoms with van der Waals surface area (Å²) < 4.78 is 27.6. The maximum Gasteiger partial charge on any atom is 0.365 e. The predicted octanol–water partition coefficient (Wildman–Crippen LogP) is 1.73. The largest absolute Gasteiger partial charge is 0.465 e. The number of esters is 2. The van der Waals surface area contributed by atoms with E-state index in [4.69, 9.17) is 23.7 Å². The first-order valence-electron chi connectivity index (χ1n) is 8.26. The lowest BCUT2D eigenvalue weighted by atomic mass is 10.0. The summed E-state index contributed by atoms with van der Waals surface area (Å²) in [6.07, 6.45) is -2.44. The van der Waals surface area contributed by atoms with Crippen molar-refractivity contribution in [3.05, 3.63) is 35.9 Å². The average molecular weight is 393 g/mol. The van der Waals surface area contributed by atoms with Gasteiger partial charge in [0.25, 0.3) is 5.72 Å². The molecule has 0 unspecified atom stereocenters. The molecule has 1 aromatic rings. The number of fused-ring (bicyclic) bond motifs is 1. The summed E-state index contributed by atoms with van der Waals surface area (Å²) in [4.78, 5) is 28.5. The standard InChI is InChI=1S/C18H19NO7S/c1-17(2)25-13-12(9-23-15(20)11-7-5-4-6-8-11)24-18(19-10-27,14(13)26-17)16(21)22-3/h4-8,12-14H,9H2,1-3H3/t12-,13-,14-,18-/m1/s1. The van der Waals surface area contributed by atoms with Gasteiger partial charge in [0.2, 0.25) is 0 Å². The van der Waals surface area contributed by atoms with E-state index in [1.54, 1.807) is 44.2 Å². The molecule has 2 aliphatic heterocycles. The van der Waals surface area contributed by atoms with Crippen LogP contribution in [0.25, 0.3) is 0 Å². The first-order valence-corrected chi connectivity index (χ1v) is 8.67. The third-order valence-corrected chi connectivity index (χ3v) is 4.38. The van der Waals surface area contributed by atoms with Crippen LogP contribution < -0.4 is 0 Å². The molecule has 0 aliphatic carbocycles. The second-order valence-corrected chi connectivity index (χ2v) is 6.72. The zero-order valence-corrected chi connectivity index (χ0v) is 15.9. The van der Waals surface area contributed by atoms with Crippen LogP contribution in [0.4, 0.5) is 0 Å². The van der Waals surface area contributed by atoms with Crippen molar-refractivity contribution in [2.24, 2.45) is 4.99 Å². The van der Waals surface area contributed by atoms with Gasteiger partial charge >= 0.3 is 11.9 Å². The number of methoxy groups -OCH3 is 1. The maximum absolute atomic E-state index is 12.4. The molecule has 8 nitrogen and oxygen atoms in total. The zero-order valence-electron chi connectivity index (χ0n) is 15.0. The molecule has 2 fully saturated rings. The van der Waals surface area contributed by atoms with E-state index in [0.29, 0.717) is 5.56 Å². The zero-order chi connectivity index (χ0) is 19.7. The van der Waals surface area contributed by atoms with Gasteiger partial charge in [0.05, 0.1) is 17.8 Å². The van der Waals surface area contributed by atoms with Crippen LogP contribution in [0.3, 0.4) is 0 Å². The number of carbonyl (C=O) groups is 2. The van der Waals surface area contributed by atoms with E-state index in [2.05, 4.69) is 22.4 Å². The van der Waals surface area contributed by atoms with Crippen molar-refractivity contribution in [3.8, 4) is 0 Å². The molecule has 9 heteroatoms. The molecule has 0 N–H and O–H groups in total. The molecule has 2 saturated heterocycles. The number of carbonyl (C=O) groups excluding carboxylic acids is 2. The molecule has 144 valence electrons. The van der Waals surface area contributed by atoms with Gasteiger partial charge in [0, 0.05) is 0 Å². The van der Waals surface area contributed by atoms with Crippen LogP contribution in [0, 0.1) is 0 Å². The van der Waals surface area contributed by atoms with Crippen LogP contribution in [-0.2, 0) is 28.5 Å². The summed E-state index contributed by atoms with van der Waals surface area (Å²) >= 11 is 4.67. The van der Waals surface area contributed by atoms with Crippen molar-refractivity contribution < 1.29 is 33.3 Å². The number of aliphatic imine (C=N–C) groups is 1. The van der Waals surface area contributed by atoms with Crippen molar-refractivity contribution in [1.82, 2.24) is 0 Å². The van der Waals surface area contributed by atoms with E-state index >= 15 is 0 Å². The van der Waals surface area contributed by atoms with Crippen molar-refractivity contribution in [3.63, 3.8) is 0 Å². The van der Waals surface area contributed by atoms with Gasteiger partial charge in [-0.05, 0) is 38.2 Å². The Kier molecular flexibility index (Phi) is 5.41. The van der Waals surface area contributed by atoms with Crippen molar-refractivity contribution in [2.45, 2.75) is 43.7 Å². The molecule has 1 aromatic carbocycles. The van der Waals surface area contributed by atoms with E-state index in [0.717, 1.165) is 0 Å². The topological polar surface area (TPSA) is 92.7 Å². The molecule has 0 amide bonds. The smallest absolute Gasteiger partial charge is 0.365 e. The van der Waals surface area contributed by atoms with E-state index in [1.165, 1.54) is 7.11 Å². The lowest BCUT2D eigenvalue weighted by Gasteiger charge is -2.28. The number of nitrogens with zero attached hydrogens (tertiary/aromatic N) is 1. The number of benzene rings is 1. The SMILES string of the molecule is COC(=O)[C@]1(N=C=S)O[C@H](COC(=O)c2ccccc2)[C@H]2OC(C)(C)O[C@H]21. The number of thiocarbonyl (C=S) groups is 1. The first-order chi connectivity index (χ1) is 12.8. The van der Waals surface area contributed by atoms with Gasteiger partial charge in [-0.2, -0.15) is 4.99 Å². The second-order valence-electron chi connectivity index (χ2n) is 6.53. The molecule has 0 saturated carbocycles. The molecule has 27 heavy (non-hydrogen) atoms. The fourth-order valence-electron chi connectivity index (χ4n) is 3.19. The van der Waals surface area contributed by atoms with Gasteiger partial charge in [0.1, 0.15) is 18.8 Å². The fraction of sp³-hybridized carbons (Fsp3) is 0.500. The van der Waals surface area contributed by atoms with Crippen LogP contribution in [-0.4, -0.2) is 60.6 Å². The van der Waals surface area contributed by atoms with Gasteiger partial charge in [-0.3, -0.25) is 0 Å². The van der Waals surface area contributed by atoms with Crippen LogP contribution >= 0.6 is 12.2 Å². The molecule has 0 aromatic heterocycles. The van der Waals surface area contributed by atoms with Gasteiger partial charge in [-0.15, -0.1) is 0 Å². The Morgan fingerprint density at radius 1 is 1.22 bits per heavy atom. The number of rotatable bonds is 5. The lowest BCUT2D eigenvalue weighted by Crippen LogP contribution is -2.49. The summed E-state index contributed by atoms with van der Waals surface area (Å²) in [5.41, 5.74) is -1.47. The molecule has 0 spiro atoms. The molecule has 2 heterocycles. The normalized spacial score (nSPS) is 30.9. The summed E-state index contributed by atoms with van der Waals surface area (Å²) in [6, 6.07) is 8.51. The molecular weight excluding hydrogens is 374 g/mol. The van der Waals surface area contributed by atoms with Gasteiger partial charge in [0.15, 0.2) is 11.9 Å². The van der Waals surface area contributed by atoms with E-state index in [-0.39, 0.29) is 6.61 Å². The molecule has 0 radical (unpaired) electrons. The Labute approximate surface area is 161 Å². The second kappa shape index (κ2) is 7.46. The predicted molar refractivity (Wildman–Crippen MR) is 95.2 cm³/mol. The fourth-order valence-corrected chi connectivity index (χ4v) is 3.32. The van der Waals surface area contributed by atoms with E-state index < -0.39 is 41.8 Å². The van der Waals surface area contributed by atoms with E-state index in [9.17, 15) is 9.59 Å². The number of hydrogen-bond donors (Lipinski definition) is 0. The lowest BCUT2D eigenvalue weighted by molar-refractivity contribution is -0.218. The number of isothiocyanates is 1. The average Bonchev–Trinajstić information content (AvgIpc) is 3.12. The van der Waals surface area contributed by atoms with Crippen molar-refractivity contribution >= 4 is 29.3 Å². The summed E-state index contributed by atoms with van der Waals surface area (Å²) in [6.45, 7) is 3.23. The minimum absolute atomic E-state index is 0.167. The highest BCUT2D eigenvalue weighted by atomic mass is 32.1. The third kappa shape index (κ3) is 3.65. The molecule has 0 bridgehead atoms. The Balaban J connectivity index is 1.82. The van der Waals surface area contributed by atoms with Crippen LogP contribution in [0.15, 0.2) is 35.3 Å². The van der Waals surface area contributed by atoms with E-state index in [1.807, 2.05) is 0 Å². The Bertz CT molecular complexity index is 777. The quantitative estimate of drug-likeness (QED) is 0.424. The summed E-state index contributed by atoms with van der Waals surface area (Å²) in [5.74, 6) is -2.31. The van der Waals surface area contributed by atoms with Gasteiger partial charge in [-0.25, -0.2) is 9.59 Å². The Morgan fingerprint density at radius 3 is 2.56 bits per heavy atom. The van der Waals surface area contributed by atoms with Crippen LogP contribution in [0.5, 0.6) is 0 Å². The molecular formula is C18H19NO7S. The van der Waals surface area contributed by atoms with Crippen LogP contribution in [0.2, 0.25) is 0 Å². The highest BCUT2D eigenvalue weighted by Crippen LogP contribution is 2.45. The Hall–Kier alpha value is -2.16. The van der Waals surface area contributed by atoms with Crippen LogP contribution in [0.1, 0.15) is 24.2 Å². The minimum Gasteiger partial charge on any atom is -0.465 e. The highest BCUT2D eigenvalue weighted by Gasteiger charge is 2.68. The monoisotopic (exact) mass is 393 g/mol. The minimum atomic E-state index is -1.86. The maximum atomic E-state index is 12.4.